The zero-order chi connectivity index (χ0) is 17.1. The van der Waals surface area contributed by atoms with Crippen molar-refractivity contribution in [3.63, 3.8) is 0 Å². The second-order valence-corrected chi connectivity index (χ2v) is 7.06. The molecule has 1 aliphatic rings. The van der Waals surface area contributed by atoms with Gasteiger partial charge in [0, 0.05) is 24.2 Å². The number of oxazole rings is 1. The Bertz CT molecular complexity index is 727. The molecule has 0 N–H and O–H groups in total. The van der Waals surface area contributed by atoms with Crippen LogP contribution in [0.2, 0.25) is 0 Å². The monoisotopic (exact) mass is 330 g/mol. The highest BCUT2D eigenvalue weighted by molar-refractivity contribution is 5.01. The van der Waals surface area contributed by atoms with Gasteiger partial charge in [0.1, 0.15) is 5.76 Å². The molecule has 1 aliphatic heterocycles. The number of hydrogen-bond donors (Lipinski definition) is 0. The van der Waals surface area contributed by atoms with Crippen LogP contribution < -0.4 is 5.56 Å². The van der Waals surface area contributed by atoms with E-state index in [4.69, 9.17) is 4.42 Å². The van der Waals surface area contributed by atoms with Gasteiger partial charge >= 0.3 is 0 Å². The molecule has 1 fully saturated rings. The van der Waals surface area contributed by atoms with Crippen LogP contribution in [0.15, 0.2) is 27.9 Å². The lowest BCUT2D eigenvalue weighted by Crippen LogP contribution is -2.36. The number of nitrogens with zero attached hydrogens (tertiary/aromatic N) is 4. The molecule has 0 amide bonds. The SMILES string of the molecule is Cc1cncn(CC2CCN(Cc3ncc(C(C)C)o3)CC2)c1=O. The summed E-state index contributed by atoms with van der Waals surface area (Å²) in [5, 5.41) is 0. The number of piperidine rings is 1. The molecule has 6 heteroatoms. The smallest absolute Gasteiger partial charge is 0.256 e. The van der Waals surface area contributed by atoms with E-state index in [9.17, 15) is 4.79 Å². The molecule has 1 saturated heterocycles. The van der Waals surface area contributed by atoms with Crippen molar-refractivity contribution in [1.82, 2.24) is 19.4 Å². The van der Waals surface area contributed by atoms with Crippen LogP contribution in [0.5, 0.6) is 0 Å². The van der Waals surface area contributed by atoms with Crippen molar-refractivity contribution < 1.29 is 4.42 Å². The molecule has 130 valence electrons. The third kappa shape index (κ3) is 3.93. The van der Waals surface area contributed by atoms with Crippen molar-refractivity contribution in [2.45, 2.75) is 52.6 Å². The Morgan fingerprint density at radius 3 is 2.71 bits per heavy atom. The highest BCUT2D eigenvalue weighted by Gasteiger charge is 2.21. The molecule has 0 spiro atoms. The highest BCUT2D eigenvalue weighted by Crippen LogP contribution is 2.21. The van der Waals surface area contributed by atoms with E-state index in [2.05, 4.69) is 28.7 Å². The summed E-state index contributed by atoms with van der Waals surface area (Å²) in [5.41, 5.74) is 0.785. The molecule has 0 bridgehead atoms. The molecule has 3 rings (SSSR count). The van der Waals surface area contributed by atoms with Gasteiger partial charge in [0.05, 0.1) is 19.1 Å². The second-order valence-electron chi connectivity index (χ2n) is 7.06. The lowest BCUT2D eigenvalue weighted by Gasteiger charge is -2.31. The Balaban J connectivity index is 1.52. The molecule has 0 atom stereocenters. The van der Waals surface area contributed by atoms with E-state index in [0.717, 1.165) is 50.7 Å². The minimum Gasteiger partial charge on any atom is -0.444 e. The van der Waals surface area contributed by atoms with Gasteiger partial charge in [-0.1, -0.05) is 13.8 Å². The predicted octanol–water partition coefficient (Wildman–Crippen LogP) is 2.58. The number of rotatable bonds is 5. The van der Waals surface area contributed by atoms with E-state index in [1.54, 1.807) is 17.1 Å². The van der Waals surface area contributed by atoms with Gasteiger partial charge in [-0.2, -0.15) is 0 Å². The summed E-state index contributed by atoms with van der Waals surface area (Å²) in [6.07, 6.45) is 7.28. The Kier molecular flexibility index (Phi) is 5.14. The average Bonchev–Trinajstić information content (AvgIpc) is 3.02. The maximum atomic E-state index is 12.1. The third-order valence-corrected chi connectivity index (χ3v) is 4.73. The van der Waals surface area contributed by atoms with Gasteiger partial charge in [0.2, 0.25) is 5.89 Å². The quantitative estimate of drug-likeness (QED) is 0.843. The first kappa shape index (κ1) is 16.9. The third-order valence-electron chi connectivity index (χ3n) is 4.73. The zero-order valence-corrected chi connectivity index (χ0v) is 14.7. The van der Waals surface area contributed by atoms with Crippen LogP contribution in [-0.4, -0.2) is 32.5 Å². The van der Waals surface area contributed by atoms with Crippen LogP contribution in [0.1, 0.15) is 49.8 Å². The molecule has 6 nitrogen and oxygen atoms in total. The first-order valence-electron chi connectivity index (χ1n) is 8.71. The summed E-state index contributed by atoms with van der Waals surface area (Å²) in [4.78, 5) is 23.0. The van der Waals surface area contributed by atoms with Crippen LogP contribution in [0.3, 0.4) is 0 Å². The Morgan fingerprint density at radius 1 is 1.29 bits per heavy atom. The fraction of sp³-hybridized carbons (Fsp3) is 0.611. The van der Waals surface area contributed by atoms with E-state index >= 15 is 0 Å². The topological polar surface area (TPSA) is 64.2 Å². The average molecular weight is 330 g/mol. The Labute approximate surface area is 142 Å². The van der Waals surface area contributed by atoms with Gasteiger partial charge in [0.25, 0.3) is 5.56 Å². The zero-order valence-electron chi connectivity index (χ0n) is 14.7. The molecular weight excluding hydrogens is 304 g/mol. The van der Waals surface area contributed by atoms with Crippen molar-refractivity contribution in [2.75, 3.05) is 13.1 Å². The lowest BCUT2D eigenvalue weighted by atomic mass is 9.96. The highest BCUT2D eigenvalue weighted by atomic mass is 16.4. The predicted molar refractivity (Wildman–Crippen MR) is 91.8 cm³/mol. The van der Waals surface area contributed by atoms with Crippen LogP contribution >= 0.6 is 0 Å². The van der Waals surface area contributed by atoms with Crippen molar-refractivity contribution in [1.29, 1.82) is 0 Å². The van der Waals surface area contributed by atoms with Gasteiger partial charge < -0.3 is 4.42 Å². The summed E-state index contributed by atoms with van der Waals surface area (Å²) in [6.45, 7) is 9.59. The van der Waals surface area contributed by atoms with E-state index in [1.165, 1.54) is 0 Å². The van der Waals surface area contributed by atoms with Gasteiger partial charge in [-0.05, 0) is 38.8 Å². The first-order valence-corrected chi connectivity index (χ1v) is 8.71. The molecule has 2 aromatic heterocycles. The van der Waals surface area contributed by atoms with Crippen molar-refractivity contribution in [2.24, 2.45) is 5.92 Å². The minimum absolute atomic E-state index is 0.0772. The van der Waals surface area contributed by atoms with Crippen LogP contribution in [0.4, 0.5) is 0 Å². The van der Waals surface area contributed by atoms with Crippen molar-refractivity contribution in [3.8, 4) is 0 Å². The van der Waals surface area contributed by atoms with Gasteiger partial charge in [-0.15, -0.1) is 0 Å². The summed E-state index contributed by atoms with van der Waals surface area (Å²) >= 11 is 0. The van der Waals surface area contributed by atoms with Crippen molar-refractivity contribution in [3.05, 3.63) is 46.3 Å². The van der Waals surface area contributed by atoms with E-state index in [-0.39, 0.29) is 5.56 Å². The van der Waals surface area contributed by atoms with E-state index in [1.807, 2.05) is 13.1 Å². The maximum Gasteiger partial charge on any atom is 0.256 e. The molecule has 3 heterocycles. The molecule has 2 aromatic rings. The second kappa shape index (κ2) is 7.30. The van der Waals surface area contributed by atoms with Gasteiger partial charge in [0.15, 0.2) is 0 Å². The number of aromatic nitrogens is 3. The number of hydrogen-bond acceptors (Lipinski definition) is 5. The standard InChI is InChI=1S/C18H26N4O2/c1-13(2)16-9-20-17(24-16)11-21-6-4-15(5-7-21)10-22-12-19-8-14(3)18(22)23/h8-9,12-13,15H,4-7,10-11H2,1-3H3. The number of aryl methyl sites for hydroxylation is 1. The Morgan fingerprint density at radius 2 is 2.04 bits per heavy atom. The lowest BCUT2D eigenvalue weighted by molar-refractivity contribution is 0.153. The molecule has 24 heavy (non-hydrogen) atoms. The molecule has 0 aromatic carbocycles. The maximum absolute atomic E-state index is 12.1. The van der Waals surface area contributed by atoms with Crippen LogP contribution in [0.25, 0.3) is 0 Å². The molecular formula is C18H26N4O2. The fourth-order valence-corrected chi connectivity index (χ4v) is 3.15. The normalized spacial score (nSPS) is 16.8. The summed E-state index contributed by atoms with van der Waals surface area (Å²) in [6, 6.07) is 0. The van der Waals surface area contributed by atoms with Crippen LogP contribution in [0, 0.1) is 12.8 Å². The summed E-state index contributed by atoms with van der Waals surface area (Å²) in [5.74, 6) is 2.65. The Hall–Kier alpha value is -1.95. The first-order chi connectivity index (χ1) is 11.5. The van der Waals surface area contributed by atoms with Gasteiger partial charge in [-0.25, -0.2) is 9.97 Å². The van der Waals surface area contributed by atoms with E-state index < -0.39 is 0 Å². The van der Waals surface area contributed by atoms with Crippen LogP contribution in [-0.2, 0) is 13.1 Å². The van der Waals surface area contributed by atoms with Gasteiger partial charge in [-0.3, -0.25) is 14.3 Å². The summed E-state index contributed by atoms with van der Waals surface area (Å²) < 4.78 is 7.54. The van der Waals surface area contributed by atoms with Crippen molar-refractivity contribution >= 4 is 0 Å². The molecule has 0 unspecified atom stereocenters. The fourth-order valence-electron chi connectivity index (χ4n) is 3.15. The number of likely N-dealkylation sites (tertiary alicyclic amines) is 1. The largest absolute Gasteiger partial charge is 0.444 e. The van der Waals surface area contributed by atoms with E-state index in [0.29, 0.717) is 17.4 Å². The molecule has 0 saturated carbocycles. The molecule has 0 radical (unpaired) electrons. The minimum atomic E-state index is 0.0772. The molecule has 0 aliphatic carbocycles. The summed E-state index contributed by atoms with van der Waals surface area (Å²) in [7, 11) is 0.